The number of likely N-dealkylation sites (tertiary alicyclic amines) is 1. The summed E-state index contributed by atoms with van der Waals surface area (Å²) in [4.78, 5) is 29.9. The molecule has 1 fully saturated rings. The molecule has 1 N–H and O–H groups in total. The third-order valence-corrected chi connectivity index (χ3v) is 4.55. The van der Waals surface area contributed by atoms with Crippen LogP contribution in [0.1, 0.15) is 19.8 Å². The van der Waals surface area contributed by atoms with Crippen LogP contribution in [-0.2, 0) is 9.59 Å². The molecule has 2 atom stereocenters. The Morgan fingerprint density at radius 1 is 1.45 bits per heavy atom. The Labute approximate surface area is 122 Å². The van der Waals surface area contributed by atoms with E-state index in [0.717, 1.165) is 4.90 Å². The highest BCUT2D eigenvalue weighted by Gasteiger charge is 2.31. The number of carboxylic acid groups (broad SMARTS) is 1. The number of carbonyl (C=O) groups excluding carboxylic acids is 1. The van der Waals surface area contributed by atoms with Gasteiger partial charge in [-0.2, -0.15) is 0 Å². The topological polar surface area (TPSA) is 70.5 Å². The van der Waals surface area contributed by atoms with Crippen molar-refractivity contribution in [2.24, 2.45) is 5.92 Å². The van der Waals surface area contributed by atoms with Crippen molar-refractivity contribution < 1.29 is 14.7 Å². The second kappa shape index (κ2) is 6.74. The molecule has 2 heterocycles. The number of aromatic nitrogens is 1. The number of aliphatic carboxylic acids is 1. The van der Waals surface area contributed by atoms with Crippen molar-refractivity contribution in [3.05, 3.63) is 24.5 Å². The predicted molar refractivity (Wildman–Crippen MR) is 76.5 cm³/mol. The van der Waals surface area contributed by atoms with Gasteiger partial charge in [0.15, 0.2) is 0 Å². The second-order valence-electron chi connectivity index (χ2n) is 4.97. The lowest BCUT2D eigenvalue weighted by atomic mass is 9.92. The van der Waals surface area contributed by atoms with Crippen molar-refractivity contribution in [2.75, 3.05) is 12.3 Å². The van der Waals surface area contributed by atoms with Crippen LogP contribution in [-0.4, -0.2) is 45.2 Å². The lowest BCUT2D eigenvalue weighted by molar-refractivity contribution is -0.146. The van der Waals surface area contributed by atoms with Crippen LogP contribution in [0.5, 0.6) is 0 Å². The van der Waals surface area contributed by atoms with Gasteiger partial charge in [-0.1, -0.05) is 0 Å². The molecule has 1 saturated heterocycles. The molecule has 1 aliphatic rings. The van der Waals surface area contributed by atoms with E-state index in [2.05, 4.69) is 4.98 Å². The summed E-state index contributed by atoms with van der Waals surface area (Å²) < 4.78 is 0. The SMILES string of the molecule is CC1CC(C(=O)O)CCN1C(=O)CSc1ccncc1. The highest BCUT2D eigenvalue weighted by Crippen LogP contribution is 2.25. The Morgan fingerprint density at radius 3 is 2.75 bits per heavy atom. The minimum absolute atomic E-state index is 0.00427. The molecule has 2 unspecified atom stereocenters. The largest absolute Gasteiger partial charge is 0.481 e. The van der Waals surface area contributed by atoms with Crippen LogP contribution in [0, 0.1) is 5.92 Å². The molecular formula is C14H18N2O3S. The number of carbonyl (C=O) groups is 2. The standard InChI is InChI=1S/C14H18N2O3S/c1-10-8-11(14(18)19)4-7-16(10)13(17)9-20-12-2-5-15-6-3-12/h2-3,5-6,10-11H,4,7-9H2,1H3,(H,18,19). The Bertz CT molecular complexity index is 481. The highest BCUT2D eigenvalue weighted by atomic mass is 32.2. The summed E-state index contributed by atoms with van der Waals surface area (Å²) in [5.41, 5.74) is 0. The van der Waals surface area contributed by atoms with Gasteiger partial charge in [-0.3, -0.25) is 14.6 Å². The number of nitrogens with zero attached hydrogens (tertiary/aromatic N) is 2. The molecule has 1 aromatic rings. The summed E-state index contributed by atoms with van der Waals surface area (Å²) >= 11 is 1.48. The van der Waals surface area contributed by atoms with Crippen molar-refractivity contribution in [2.45, 2.75) is 30.7 Å². The van der Waals surface area contributed by atoms with E-state index in [-0.39, 0.29) is 17.9 Å². The molecule has 0 saturated carbocycles. The number of pyridine rings is 1. The summed E-state index contributed by atoms with van der Waals surface area (Å²) in [5.74, 6) is -0.619. The molecule has 5 nitrogen and oxygen atoms in total. The molecule has 6 heteroatoms. The van der Waals surface area contributed by atoms with Crippen LogP contribution >= 0.6 is 11.8 Å². The molecule has 108 valence electrons. The fourth-order valence-electron chi connectivity index (χ4n) is 2.43. The van der Waals surface area contributed by atoms with E-state index in [0.29, 0.717) is 25.1 Å². The van der Waals surface area contributed by atoms with Gasteiger partial charge >= 0.3 is 5.97 Å². The number of amides is 1. The Morgan fingerprint density at radius 2 is 2.15 bits per heavy atom. The quantitative estimate of drug-likeness (QED) is 0.859. The maximum absolute atomic E-state index is 12.2. The highest BCUT2D eigenvalue weighted by molar-refractivity contribution is 8.00. The van der Waals surface area contributed by atoms with Crippen molar-refractivity contribution in [1.82, 2.24) is 9.88 Å². The lowest BCUT2D eigenvalue weighted by Crippen LogP contribution is -2.46. The molecule has 1 aromatic heterocycles. The number of thioether (sulfide) groups is 1. The molecule has 1 aliphatic heterocycles. The van der Waals surface area contributed by atoms with Crippen LogP contribution < -0.4 is 0 Å². The summed E-state index contributed by atoms with van der Waals surface area (Å²) in [6.45, 7) is 2.46. The Hall–Kier alpha value is -1.56. The number of hydrogen-bond acceptors (Lipinski definition) is 4. The molecule has 20 heavy (non-hydrogen) atoms. The maximum Gasteiger partial charge on any atom is 0.306 e. The summed E-state index contributed by atoms with van der Waals surface area (Å²) in [6, 6.07) is 3.74. The molecule has 0 radical (unpaired) electrons. The van der Waals surface area contributed by atoms with Gasteiger partial charge in [0.1, 0.15) is 0 Å². The molecule has 0 spiro atoms. The van der Waals surface area contributed by atoms with Gasteiger partial charge < -0.3 is 10.0 Å². The first-order valence-corrected chi connectivity index (χ1v) is 7.61. The van der Waals surface area contributed by atoms with Gasteiger partial charge in [-0.25, -0.2) is 0 Å². The van der Waals surface area contributed by atoms with Crippen molar-refractivity contribution in [1.29, 1.82) is 0 Å². The summed E-state index contributed by atoms with van der Waals surface area (Å²) in [6.07, 6.45) is 4.49. The Kier molecular flexibility index (Phi) is 5.00. The fraction of sp³-hybridized carbons (Fsp3) is 0.500. The first-order valence-electron chi connectivity index (χ1n) is 6.63. The number of carboxylic acids is 1. The molecule has 2 rings (SSSR count). The van der Waals surface area contributed by atoms with E-state index < -0.39 is 5.97 Å². The second-order valence-corrected chi connectivity index (χ2v) is 6.02. The molecule has 0 aliphatic carbocycles. The van der Waals surface area contributed by atoms with E-state index in [1.807, 2.05) is 19.1 Å². The van der Waals surface area contributed by atoms with E-state index in [4.69, 9.17) is 5.11 Å². The first-order chi connectivity index (χ1) is 9.58. The number of hydrogen-bond donors (Lipinski definition) is 1. The van der Waals surface area contributed by atoms with Gasteiger partial charge in [0, 0.05) is 29.9 Å². The minimum Gasteiger partial charge on any atom is -0.481 e. The van der Waals surface area contributed by atoms with Gasteiger partial charge in [0.2, 0.25) is 5.91 Å². The average molecular weight is 294 g/mol. The van der Waals surface area contributed by atoms with Crippen LogP contribution in [0.2, 0.25) is 0 Å². The smallest absolute Gasteiger partial charge is 0.306 e. The van der Waals surface area contributed by atoms with E-state index in [1.54, 1.807) is 17.3 Å². The zero-order valence-electron chi connectivity index (χ0n) is 11.4. The minimum atomic E-state index is -0.755. The summed E-state index contributed by atoms with van der Waals surface area (Å²) in [5, 5.41) is 9.02. The monoisotopic (exact) mass is 294 g/mol. The maximum atomic E-state index is 12.2. The molecule has 0 bridgehead atoms. The first kappa shape index (κ1) is 14.8. The number of rotatable bonds is 4. The predicted octanol–water partition coefficient (Wildman–Crippen LogP) is 1.89. The third kappa shape index (κ3) is 3.72. The molecule has 1 amide bonds. The van der Waals surface area contributed by atoms with Crippen molar-refractivity contribution in [3.63, 3.8) is 0 Å². The van der Waals surface area contributed by atoms with E-state index >= 15 is 0 Å². The van der Waals surface area contributed by atoms with Gasteiger partial charge in [0.05, 0.1) is 11.7 Å². The molecular weight excluding hydrogens is 276 g/mol. The fourth-order valence-corrected chi connectivity index (χ4v) is 3.20. The zero-order valence-corrected chi connectivity index (χ0v) is 12.2. The summed E-state index contributed by atoms with van der Waals surface area (Å²) in [7, 11) is 0. The molecule has 0 aromatic carbocycles. The average Bonchev–Trinajstić information content (AvgIpc) is 2.45. The normalized spacial score (nSPS) is 22.6. The third-order valence-electron chi connectivity index (χ3n) is 3.56. The van der Waals surface area contributed by atoms with E-state index in [9.17, 15) is 9.59 Å². The van der Waals surface area contributed by atoms with Crippen LogP contribution in [0.4, 0.5) is 0 Å². The van der Waals surface area contributed by atoms with Gasteiger partial charge in [0.25, 0.3) is 0 Å². The Balaban J connectivity index is 1.85. The van der Waals surface area contributed by atoms with Gasteiger partial charge in [-0.15, -0.1) is 11.8 Å². The van der Waals surface area contributed by atoms with Crippen molar-refractivity contribution >= 4 is 23.6 Å². The number of piperidine rings is 1. The van der Waals surface area contributed by atoms with Gasteiger partial charge in [-0.05, 0) is 31.9 Å². The van der Waals surface area contributed by atoms with Crippen molar-refractivity contribution in [3.8, 4) is 0 Å². The zero-order chi connectivity index (χ0) is 14.5. The van der Waals surface area contributed by atoms with Crippen LogP contribution in [0.3, 0.4) is 0 Å². The van der Waals surface area contributed by atoms with E-state index in [1.165, 1.54) is 11.8 Å². The van der Waals surface area contributed by atoms with Crippen LogP contribution in [0.25, 0.3) is 0 Å². The van der Waals surface area contributed by atoms with Crippen LogP contribution in [0.15, 0.2) is 29.4 Å². The lowest BCUT2D eigenvalue weighted by Gasteiger charge is -2.36.